The van der Waals surface area contributed by atoms with Crippen molar-refractivity contribution in [3.63, 3.8) is 0 Å². The van der Waals surface area contributed by atoms with Gasteiger partial charge in [0, 0.05) is 39.3 Å². The van der Waals surface area contributed by atoms with Crippen LogP contribution in [0.1, 0.15) is 19.8 Å². The Hall–Kier alpha value is -1.00. The monoisotopic (exact) mass is 387 g/mol. The number of sulfonamides is 2. The van der Waals surface area contributed by atoms with Crippen molar-refractivity contribution in [1.29, 1.82) is 0 Å². The molecule has 1 aromatic rings. The van der Waals surface area contributed by atoms with Gasteiger partial charge in [-0.2, -0.15) is 8.61 Å². The van der Waals surface area contributed by atoms with E-state index in [2.05, 4.69) is 11.8 Å². The van der Waals surface area contributed by atoms with Crippen molar-refractivity contribution in [2.24, 2.45) is 0 Å². The minimum absolute atomic E-state index is 0.0534. The highest BCUT2D eigenvalue weighted by atomic mass is 32.2. The first kappa shape index (κ1) is 18.8. The molecule has 0 aromatic heterocycles. The molecule has 2 fully saturated rings. The summed E-state index contributed by atoms with van der Waals surface area (Å²) in [6.07, 6.45) is 1.69. The van der Waals surface area contributed by atoms with Crippen molar-refractivity contribution in [2.75, 3.05) is 45.8 Å². The molecule has 0 saturated carbocycles. The zero-order chi connectivity index (χ0) is 18.1. The van der Waals surface area contributed by atoms with Crippen LogP contribution in [0.15, 0.2) is 34.1 Å². The second-order valence-corrected chi connectivity index (χ2v) is 10.3. The number of piperazine rings is 1. The average molecular weight is 388 g/mol. The first-order valence-electron chi connectivity index (χ1n) is 8.68. The summed E-state index contributed by atoms with van der Waals surface area (Å²) in [6, 6.07) is 5.76. The molecule has 0 spiro atoms. The molecule has 140 valence electrons. The number of likely N-dealkylation sites (N-methyl/N-ethyl adjacent to an activating group) is 1. The third-order valence-electron chi connectivity index (χ3n) is 4.92. The second-order valence-electron chi connectivity index (χ2n) is 6.42. The Kier molecular flexibility index (Phi) is 5.50. The largest absolute Gasteiger partial charge is 0.301 e. The highest BCUT2D eigenvalue weighted by Crippen LogP contribution is 2.25. The number of hydrogen-bond acceptors (Lipinski definition) is 5. The predicted octanol–water partition coefficient (Wildman–Crippen LogP) is 0.797. The molecular weight excluding hydrogens is 362 g/mol. The van der Waals surface area contributed by atoms with Gasteiger partial charge < -0.3 is 4.90 Å². The van der Waals surface area contributed by atoms with Gasteiger partial charge in [0.25, 0.3) is 0 Å². The molecule has 1 aromatic carbocycles. The molecular formula is C16H25N3O4S2. The maximum Gasteiger partial charge on any atom is 0.243 e. The van der Waals surface area contributed by atoms with E-state index in [0.29, 0.717) is 39.3 Å². The van der Waals surface area contributed by atoms with Gasteiger partial charge in [0.15, 0.2) is 0 Å². The first-order valence-corrected chi connectivity index (χ1v) is 11.6. The molecule has 0 unspecified atom stereocenters. The van der Waals surface area contributed by atoms with Gasteiger partial charge in [-0.15, -0.1) is 0 Å². The Bertz CT molecular complexity index is 810. The lowest BCUT2D eigenvalue weighted by Gasteiger charge is -2.33. The Labute approximate surface area is 150 Å². The standard InChI is InChI=1S/C16H25N3O4S2/c1-2-17-10-12-19(13-11-17)25(22,23)16-7-5-6-15(14-16)24(20,21)18-8-3-4-9-18/h5-7,14H,2-4,8-13H2,1H3. The maximum atomic E-state index is 12.9. The minimum Gasteiger partial charge on any atom is -0.301 e. The van der Waals surface area contributed by atoms with Gasteiger partial charge in [-0.05, 0) is 37.6 Å². The molecule has 0 bridgehead atoms. The molecule has 0 radical (unpaired) electrons. The van der Waals surface area contributed by atoms with E-state index in [4.69, 9.17) is 0 Å². The van der Waals surface area contributed by atoms with Gasteiger partial charge in [0.1, 0.15) is 0 Å². The highest BCUT2D eigenvalue weighted by Gasteiger charge is 2.31. The molecule has 2 saturated heterocycles. The molecule has 25 heavy (non-hydrogen) atoms. The van der Waals surface area contributed by atoms with Gasteiger partial charge >= 0.3 is 0 Å². The summed E-state index contributed by atoms with van der Waals surface area (Å²) in [6.45, 7) is 6.20. The van der Waals surface area contributed by atoms with Crippen LogP contribution in [0.4, 0.5) is 0 Å². The Morgan fingerprint density at radius 1 is 0.800 bits per heavy atom. The zero-order valence-corrected chi connectivity index (χ0v) is 16.1. The second kappa shape index (κ2) is 7.32. The van der Waals surface area contributed by atoms with E-state index in [-0.39, 0.29) is 9.79 Å². The summed E-state index contributed by atoms with van der Waals surface area (Å²) in [7, 11) is -7.30. The predicted molar refractivity (Wildman–Crippen MR) is 95.3 cm³/mol. The number of nitrogens with zero attached hydrogens (tertiary/aromatic N) is 3. The summed E-state index contributed by atoms with van der Waals surface area (Å²) in [4.78, 5) is 2.31. The normalized spacial score (nSPS) is 21.6. The highest BCUT2D eigenvalue weighted by molar-refractivity contribution is 7.90. The molecule has 2 aliphatic heterocycles. The third-order valence-corrected chi connectivity index (χ3v) is 8.71. The van der Waals surface area contributed by atoms with Crippen molar-refractivity contribution >= 4 is 20.0 Å². The van der Waals surface area contributed by atoms with Crippen LogP contribution in [-0.4, -0.2) is 76.2 Å². The van der Waals surface area contributed by atoms with Crippen LogP contribution >= 0.6 is 0 Å². The molecule has 2 heterocycles. The SMILES string of the molecule is CCN1CCN(S(=O)(=O)c2cccc(S(=O)(=O)N3CCCC3)c2)CC1. The van der Waals surface area contributed by atoms with Crippen LogP contribution in [0, 0.1) is 0 Å². The van der Waals surface area contributed by atoms with Gasteiger partial charge in [0.2, 0.25) is 20.0 Å². The van der Waals surface area contributed by atoms with E-state index in [0.717, 1.165) is 19.4 Å². The van der Waals surface area contributed by atoms with E-state index in [1.54, 1.807) is 0 Å². The lowest BCUT2D eigenvalue weighted by molar-refractivity contribution is 0.196. The number of benzene rings is 1. The lowest BCUT2D eigenvalue weighted by Crippen LogP contribution is -2.48. The van der Waals surface area contributed by atoms with Gasteiger partial charge in [-0.1, -0.05) is 13.0 Å². The van der Waals surface area contributed by atoms with Gasteiger partial charge in [-0.25, -0.2) is 16.8 Å². The van der Waals surface area contributed by atoms with Crippen molar-refractivity contribution in [1.82, 2.24) is 13.5 Å². The molecule has 0 aliphatic carbocycles. The third kappa shape index (κ3) is 3.75. The van der Waals surface area contributed by atoms with Crippen LogP contribution in [0.25, 0.3) is 0 Å². The Morgan fingerprint density at radius 3 is 1.76 bits per heavy atom. The van der Waals surface area contributed by atoms with Crippen LogP contribution in [-0.2, 0) is 20.0 Å². The molecule has 9 heteroatoms. The summed E-state index contributed by atoms with van der Waals surface area (Å²) in [5.74, 6) is 0. The van der Waals surface area contributed by atoms with Crippen LogP contribution in [0.3, 0.4) is 0 Å². The van der Waals surface area contributed by atoms with Crippen LogP contribution in [0.2, 0.25) is 0 Å². The molecule has 2 aliphatic rings. The van der Waals surface area contributed by atoms with Crippen molar-refractivity contribution < 1.29 is 16.8 Å². The number of rotatable bonds is 5. The Balaban J connectivity index is 1.86. The summed E-state index contributed by atoms with van der Waals surface area (Å²) in [5, 5.41) is 0. The summed E-state index contributed by atoms with van der Waals surface area (Å²) >= 11 is 0. The molecule has 0 N–H and O–H groups in total. The number of hydrogen-bond donors (Lipinski definition) is 0. The van der Waals surface area contributed by atoms with Crippen molar-refractivity contribution in [3.05, 3.63) is 24.3 Å². The first-order chi connectivity index (χ1) is 11.9. The molecule has 0 amide bonds. The molecule has 3 rings (SSSR count). The van der Waals surface area contributed by atoms with Crippen LogP contribution < -0.4 is 0 Å². The van der Waals surface area contributed by atoms with Crippen LogP contribution in [0.5, 0.6) is 0 Å². The Morgan fingerprint density at radius 2 is 1.28 bits per heavy atom. The van der Waals surface area contributed by atoms with Gasteiger partial charge in [-0.3, -0.25) is 0 Å². The van der Waals surface area contributed by atoms with E-state index < -0.39 is 20.0 Å². The van der Waals surface area contributed by atoms with Gasteiger partial charge in [0.05, 0.1) is 9.79 Å². The quantitative estimate of drug-likeness (QED) is 0.747. The maximum absolute atomic E-state index is 12.9. The van der Waals surface area contributed by atoms with Crippen molar-refractivity contribution in [3.8, 4) is 0 Å². The molecule has 0 atom stereocenters. The summed E-state index contributed by atoms with van der Waals surface area (Å²) < 4.78 is 54.0. The summed E-state index contributed by atoms with van der Waals surface area (Å²) in [5.41, 5.74) is 0. The lowest BCUT2D eigenvalue weighted by atomic mass is 10.4. The van der Waals surface area contributed by atoms with E-state index in [1.165, 1.54) is 32.9 Å². The van der Waals surface area contributed by atoms with E-state index in [9.17, 15) is 16.8 Å². The average Bonchev–Trinajstić information content (AvgIpc) is 3.17. The van der Waals surface area contributed by atoms with E-state index >= 15 is 0 Å². The fourth-order valence-electron chi connectivity index (χ4n) is 3.31. The fraction of sp³-hybridized carbons (Fsp3) is 0.625. The minimum atomic E-state index is -3.68. The topological polar surface area (TPSA) is 78.0 Å². The van der Waals surface area contributed by atoms with E-state index in [1.807, 2.05) is 0 Å². The molecule has 7 nitrogen and oxygen atoms in total. The smallest absolute Gasteiger partial charge is 0.243 e. The fourth-order valence-corrected chi connectivity index (χ4v) is 6.41. The van der Waals surface area contributed by atoms with Crippen molar-refractivity contribution in [2.45, 2.75) is 29.6 Å². The zero-order valence-electron chi connectivity index (χ0n) is 14.5.